The van der Waals surface area contributed by atoms with E-state index in [2.05, 4.69) is 9.97 Å². The lowest BCUT2D eigenvalue weighted by Crippen LogP contribution is -2.56. The van der Waals surface area contributed by atoms with Gasteiger partial charge in [0.25, 0.3) is 5.91 Å². The van der Waals surface area contributed by atoms with Gasteiger partial charge in [-0.05, 0) is 24.3 Å². The molecule has 10 nitrogen and oxygen atoms in total. The average Bonchev–Trinajstić information content (AvgIpc) is 3.05. The van der Waals surface area contributed by atoms with Crippen LogP contribution in [0.3, 0.4) is 0 Å². The second-order valence-corrected chi connectivity index (χ2v) is 11.1. The minimum absolute atomic E-state index is 0.146. The monoisotopic (exact) mass is 509 g/mol. The lowest BCUT2D eigenvalue weighted by Gasteiger charge is -2.44. The predicted molar refractivity (Wildman–Crippen MR) is 126 cm³/mol. The van der Waals surface area contributed by atoms with Gasteiger partial charge < -0.3 is 14.6 Å². The highest BCUT2D eigenvalue weighted by Gasteiger charge is 2.48. The van der Waals surface area contributed by atoms with Gasteiger partial charge in [-0.3, -0.25) is 13.9 Å². The number of aromatic nitrogens is 2. The first-order valence-corrected chi connectivity index (χ1v) is 13.0. The molecule has 0 aliphatic carbocycles. The maximum absolute atomic E-state index is 13.3. The van der Waals surface area contributed by atoms with Crippen molar-refractivity contribution in [3.8, 4) is 0 Å². The van der Waals surface area contributed by atoms with E-state index in [9.17, 15) is 19.0 Å². The van der Waals surface area contributed by atoms with Gasteiger partial charge in [-0.2, -0.15) is 0 Å². The number of carbonyl (C=O) groups excluding carboxylic acids is 2. The predicted octanol–water partition coefficient (Wildman–Crippen LogP) is 2.06. The SMILES string of the molecule is C[N+]1([O-])CCN(C(=O)OC2C3=C(C(=O)N2c2ccc4ccc(Cl)nc4n2)S(=O)CCS3)CC1. The minimum Gasteiger partial charge on any atom is -0.633 e. The first-order chi connectivity index (χ1) is 15.7. The van der Waals surface area contributed by atoms with Crippen molar-refractivity contribution in [2.24, 2.45) is 0 Å². The van der Waals surface area contributed by atoms with E-state index in [1.54, 1.807) is 31.3 Å². The van der Waals surface area contributed by atoms with Gasteiger partial charge in [-0.1, -0.05) is 11.6 Å². The third-order valence-electron chi connectivity index (χ3n) is 5.76. The molecule has 0 bridgehead atoms. The number of ether oxygens (including phenoxy) is 1. The Kier molecular flexibility index (Phi) is 5.81. The Morgan fingerprint density at radius 1 is 1.27 bits per heavy atom. The highest BCUT2D eigenvalue weighted by atomic mass is 35.5. The molecule has 0 aromatic carbocycles. The molecule has 2 aromatic heterocycles. The van der Waals surface area contributed by atoms with Crippen LogP contribution >= 0.6 is 23.4 Å². The number of fused-ring (bicyclic) bond motifs is 1. The lowest BCUT2D eigenvalue weighted by molar-refractivity contribution is -0.864. The Hall–Kier alpha value is -2.25. The number of quaternary nitrogens is 1. The average molecular weight is 510 g/mol. The van der Waals surface area contributed by atoms with Gasteiger partial charge in [0.2, 0.25) is 6.23 Å². The zero-order valence-corrected chi connectivity index (χ0v) is 20.0. The maximum atomic E-state index is 13.3. The smallest absolute Gasteiger partial charge is 0.412 e. The summed E-state index contributed by atoms with van der Waals surface area (Å²) in [6.07, 6.45) is -1.72. The Bertz CT molecular complexity index is 1210. The van der Waals surface area contributed by atoms with E-state index >= 15 is 0 Å². The molecule has 2 unspecified atom stereocenters. The second-order valence-electron chi connectivity index (χ2n) is 8.08. The summed E-state index contributed by atoms with van der Waals surface area (Å²) in [7, 11) is 0.0691. The number of rotatable bonds is 2. The lowest BCUT2D eigenvalue weighted by atomic mass is 10.3. The van der Waals surface area contributed by atoms with E-state index in [1.165, 1.54) is 21.6 Å². The Balaban J connectivity index is 1.49. The molecule has 0 saturated carbocycles. The maximum Gasteiger partial charge on any atom is 0.412 e. The quantitative estimate of drug-likeness (QED) is 0.343. The van der Waals surface area contributed by atoms with Gasteiger partial charge in [-0.25, -0.2) is 19.7 Å². The molecule has 0 N–H and O–H groups in total. The van der Waals surface area contributed by atoms with Crippen molar-refractivity contribution in [1.29, 1.82) is 0 Å². The number of hydrogen-bond acceptors (Lipinski definition) is 8. The fourth-order valence-corrected chi connectivity index (χ4v) is 6.99. The normalized spacial score (nSPS) is 24.9. The fraction of sp³-hybridized carbons (Fsp3) is 0.400. The van der Waals surface area contributed by atoms with Crippen molar-refractivity contribution in [1.82, 2.24) is 14.9 Å². The van der Waals surface area contributed by atoms with Crippen LogP contribution in [0.1, 0.15) is 0 Å². The van der Waals surface area contributed by atoms with Crippen molar-refractivity contribution in [3.63, 3.8) is 0 Å². The first-order valence-electron chi connectivity index (χ1n) is 10.3. The summed E-state index contributed by atoms with van der Waals surface area (Å²) in [5, 5.41) is 13.1. The minimum atomic E-state index is -1.50. The zero-order valence-electron chi connectivity index (χ0n) is 17.6. The highest BCUT2D eigenvalue weighted by molar-refractivity contribution is 8.06. The van der Waals surface area contributed by atoms with E-state index in [4.69, 9.17) is 16.3 Å². The number of pyridine rings is 2. The summed E-state index contributed by atoms with van der Waals surface area (Å²) < 4.78 is 18.1. The number of nitrogens with zero attached hydrogens (tertiary/aromatic N) is 5. The molecule has 0 radical (unpaired) electrons. The van der Waals surface area contributed by atoms with Crippen LogP contribution in [0.15, 0.2) is 34.1 Å². The van der Waals surface area contributed by atoms with Crippen LogP contribution in [-0.2, 0) is 20.3 Å². The molecule has 5 rings (SSSR count). The van der Waals surface area contributed by atoms with Gasteiger partial charge in [0.15, 0.2) is 5.65 Å². The number of carbonyl (C=O) groups is 2. The van der Waals surface area contributed by atoms with Gasteiger partial charge in [0, 0.05) is 16.9 Å². The summed E-state index contributed by atoms with van der Waals surface area (Å²) in [5.41, 5.74) is 0.333. The van der Waals surface area contributed by atoms with Crippen molar-refractivity contribution in [2.75, 3.05) is 49.6 Å². The number of halogens is 1. The molecule has 2 aromatic rings. The number of hydroxylamine groups is 3. The Morgan fingerprint density at radius 2 is 2.00 bits per heavy atom. The van der Waals surface area contributed by atoms with Crippen molar-refractivity contribution < 1.29 is 23.2 Å². The molecule has 33 heavy (non-hydrogen) atoms. The van der Waals surface area contributed by atoms with Crippen LogP contribution in [-0.4, -0.2) is 86.7 Å². The van der Waals surface area contributed by atoms with E-state index in [0.29, 0.717) is 22.1 Å². The van der Waals surface area contributed by atoms with Crippen LogP contribution in [0.25, 0.3) is 11.0 Å². The number of likely N-dealkylation sites (N-methyl/N-ethyl adjacent to an activating group) is 1. The number of anilines is 1. The van der Waals surface area contributed by atoms with Crippen molar-refractivity contribution >= 4 is 63.0 Å². The molecule has 1 saturated heterocycles. The van der Waals surface area contributed by atoms with E-state index < -0.39 is 33.7 Å². The molecule has 13 heteroatoms. The Morgan fingerprint density at radius 3 is 2.76 bits per heavy atom. The fourth-order valence-electron chi connectivity index (χ4n) is 3.90. The molecule has 2 atom stereocenters. The number of piperazine rings is 1. The number of hydrogen-bond donors (Lipinski definition) is 0. The Labute approximate surface area is 201 Å². The summed E-state index contributed by atoms with van der Waals surface area (Å²) in [5.74, 6) is 0.593. The van der Waals surface area contributed by atoms with Crippen molar-refractivity contribution in [2.45, 2.75) is 6.23 Å². The van der Waals surface area contributed by atoms with Crippen LogP contribution in [0.4, 0.5) is 10.6 Å². The second kappa shape index (κ2) is 8.51. The first kappa shape index (κ1) is 22.5. The van der Waals surface area contributed by atoms with Crippen LogP contribution in [0.5, 0.6) is 0 Å². The van der Waals surface area contributed by atoms with Crippen LogP contribution in [0.2, 0.25) is 5.15 Å². The standard InChI is InChI=1S/C20H20ClN5O5S2/c1-26(29)8-6-24(7-9-26)20(28)31-19-15-16(33(30)11-10-32-15)18(27)25(19)14-5-3-12-2-4-13(21)22-17(12)23-14/h2-5,19H,6-11H2,1H3. The highest BCUT2D eigenvalue weighted by Crippen LogP contribution is 2.42. The number of thioether (sulfide) groups is 1. The molecule has 2 amide bonds. The molecular formula is C20H20ClN5O5S2. The van der Waals surface area contributed by atoms with E-state index in [0.717, 1.165) is 5.39 Å². The van der Waals surface area contributed by atoms with Gasteiger partial charge in [-0.15, -0.1) is 11.8 Å². The zero-order chi connectivity index (χ0) is 23.3. The topological polar surface area (TPSA) is 116 Å². The summed E-state index contributed by atoms with van der Waals surface area (Å²) in [6, 6.07) is 6.77. The summed E-state index contributed by atoms with van der Waals surface area (Å²) in [6.45, 7) is 1.02. The molecule has 3 aliphatic rings. The van der Waals surface area contributed by atoms with Crippen molar-refractivity contribution in [3.05, 3.63) is 44.4 Å². The van der Waals surface area contributed by atoms with Gasteiger partial charge in [0.1, 0.15) is 15.9 Å². The van der Waals surface area contributed by atoms with Crippen LogP contribution < -0.4 is 4.90 Å². The number of amides is 2. The molecular weight excluding hydrogens is 490 g/mol. The van der Waals surface area contributed by atoms with E-state index in [1.807, 2.05) is 0 Å². The van der Waals surface area contributed by atoms with E-state index in [-0.39, 0.29) is 42.1 Å². The molecule has 1 fully saturated rings. The molecule has 3 aliphatic heterocycles. The molecule has 5 heterocycles. The van der Waals surface area contributed by atoms with Crippen LogP contribution in [0, 0.1) is 5.21 Å². The third-order valence-corrected chi connectivity index (χ3v) is 8.90. The van der Waals surface area contributed by atoms with Gasteiger partial charge in [0.05, 0.1) is 48.9 Å². The van der Waals surface area contributed by atoms with Gasteiger partial charge >= 0.3 is 6.09 Å². The largest absolute Gasteiger partial charge is 0.633 e. The third kappa shape index (κ3) is 4.21. The summed E-state index contributed by atoms with van der Waals surface area (Å²) >= 11 is 7.35. The summed E-state index contributed by atoms with van der Waals surface area (Å²) in [4.78, 5) is 38.3. The molecule has 0 spiro atoms. The molecule has 174 valence electrons.